The summed E-state index contributed by atoms with van der Waals surface area (Å²) in [5.74, 6) is -0.834. The van der Waals surface area contributed by atoms with E-state index in [-0.39, 0.29) is 12.5 Å². The molecule has 7 nitrogen and oxygen atoms in total. The average molecular weight is 363 g/mol. The Hall–Kier alpha value is -3.66. The fraction of sp³-hybridized carbons (Fsp3) is 0.200. The molecule has 0 spiro atoms. The van der Waals surface area contributed by atoms with E-state index in [1.165, 1.54) is 0 Å². The molecule has 2 aromatic carbocycles. The van der Waals surface area contributed by atoms with Crippen LogP contribution in [-0.2, 0) is 14.4 Å². The number of benzene rings is 2. The van der Waals surface area contributed by atoms with Crippen LogP contribution in [0.1, 0.15) is 24.0 Å². The van der Waals surface area contributed by atoms with E-state index in [9.17, 15) is 9.59 Å². The molecule has 0 aliphatic heterocycles. The predicted molar refractivity (Wildman–Crippen MR) is 97.9 cm³/mol. The molecule has 7 heteroatoms. The molecule has 1 aliphatic rings. The van der Waals surface area contributed by atoms with Crippen molar-refractivity contribution < 1.29 is 19.2 Å². The molecule has 3 rings (SSSR count). The van der Waals surface area contributed by atoms with E-state index in [0.29, 0.717) is 6.54 Å². The van der Waals surface area contributed by atoms with E-state index in [1.807, 2.05) is 48.5 Å². The lowest BCUT2D eigenvalue weighted by molar-refractivity contribution is -0.114. The average Bonchev–Trinajstić information content (AvgIpc) is 3.01. The summed E-state index contributed by atoms with van der Waals surface area (Å²) in [6.07, 6.45) is -1.08. The third-order valence-corrected chi connectivity index (χ3v) is 4.20. The van der Waals surface area contributed by atoms with Gasteiger partial charge in [-0.25, -0.2) is 4.79 Å². The van der Waals surface area contributed by atoms with Crippen LogP contribution < -0.4 is 5.32 Å². The van der Waals surface area contributed by atoms with Crippen LogP contribution in [-0.4, -0.2) is 30.9 Å². The van der Waals surface area contributed by atoms with Crippen LogP contribution in [0.3, 0.4) is 0 Å². The van der Waals surface area contributed by atoms with E-state index < -0.39 is 17.8 Å². The molecule has 1 aliphatic carbocycles. The molecule has 1 N–H and O–H groups in total. The number of hydrogen-bond acceptors (Lipinski definition) is 6. The minimum atomic E-state index is -1.08. The van der Waals surface area contributed by atoms with Crippen LogP contribution >= 0.6 is 0 Å². The van der Waals surface area contributed by atoms with Crippen molar-refractivity contribution in [3.05, 3.63) is 59.7 Å². The first-order valence-electron chi connectivity index (χ1n) is 8.44. The molecule has 0 radical (unpaired) electrons. The number of nitrogens with zero attached hydrogens (tertiary/aromatic N) is 2. The second-order valence-corrected chi connectivity index (χ2v) is 5.79. The standard InChI is InChI=1S/C20H17N3O4/c1-2-22-19(24)18(11-21)23-27-20(25)26-12-17-15-9-5-3-7-13(15)14-8-4-6-10-16(14)17/h3-10,17H,2,12H2,1H3,(H,22,24)/b23-18+. The van der Waals surface area contributed by atoms with Gasteiger partial charge in [0.1, 0.15) is 12.7 Å². The molecule has 0 fully saturated rings. The first kappa shape index (κ1) is 18.1. The molecule has 0 aromatic heterocycles. The predicted octanol–water partition coefficient (Wildman–Crippen LogP) is 2.97. The van der Waals surface area contributed by atoms with Gasteiger partial charge in [0.15, 0.2) is 0 Å². The van der Waals surface area contributed by atoms with Crippen molar-refractivity contribution in [1.29, 1.82) is 5.26 Å². The maximum atomic E-state index is 11.8. The molecular weight excluding hydrogens is 346 g/mol. The lowest BCUT2D eigenvalue weighted by Crippen LogP contribution is -2.30. The minimum Gasteiger partial charge on any atom is -0.432 e. The molecule has 136 valence electrons. The Morgan fingerprint density at radius 3 is 2.26 bits per heavy atom. The van der Waals surface area contributed by atoms with Gasteiger partial charge in [0.2, 0.25) is 5.71 Å². The van der Waals surface area contributed by atoms with Crippen LogP contribution in [0, 0.1) is 11.3 Å². The van der Waals surface area contributed by atoms with Crippen molar-refractivity contribution in [1.82, 2.24) is 5.32 Å². The summed E-state index contributed by atoms with van der Waals surface area (Å²) in [6.45, 7) is 2.08. The van der Waals surface area contributed by atoms with Gasteiger partial charge in [-0.1, -0.05) is 53.7 Å². The van der Waals surface area contributed by atoms with Crippen molar-refractivity contribution in [2.45, 2.75) is 12.8 Å². The highest BCUT2D eigenvalue weighted by molar-refractivity contribution is 6.45. The molecule has 2 aromatic rings. The highest BCUT2D eigenvalue weighted by Gasteiger charge is 2.29. The zero-order valence-corrected chi connectivity index (χ0v) is 14.6. The normalized spacial score (nSPS) is 12.5. The number of nitrogens with one attached hydrogen (secondary N) is 1. The Labute approximate surface area is 156 Å². The summed E-state index contributed by atoms with van der Waals surface area (Å²) < 4.78 is 5.16. The highest BCUT2D eigenvalue weighted by Crippen LogP contribution is 2.44. The summed E-state index contributed by atoms with van der Waals surface area (Å²) in [5, 5.41) is 14.5. The van der Waals surface area contributed by atoms with Gasteiger partial charge in [0.05, 0.1) is 0 Å². The van der Waals surface area contributed by atoms with Crippen LogP contribution in [0.4, 0.5) is 4.79 Å². The maximum Gasteiger partial charge on any atom is 0.535 e. The molecular formula is C20H17N3O4. The van der Waals surface area contributed by atoms with Crippen molar-refractivity contribution in [3.8, 4) is 17.2 Å². The van der Waals surface area contributed by atoms with Gasteiger partial charge in [0, 0.05) is 12.5 Å². The topological polar surface area (TPSA) is 101 Å². The van der Waals surface area contributed by atoms with E-state index in [1.54, 1.807) is 13.0 Å². The van der Waals surface area contributed by atoms with Crippen molar-refractivity contribution in [2.75, 3.05) is 13.2 Å². The number of rotatable bonds is 5. The second kappa shape index (κ2) is 8.15. The second-order valence-electron chi connectivity index (χ2n) is 5.79. The Morgan fingerprint density at radius 2 is 1.70 bits per heavy atom. The summed E-state index contributed by atoms with van der Waals surface area (Å²) >= 11 is 0. The SMILES string of the molecule is CCNC(=O)/C(C#N)=N/OC(=O)OCC1c2ccccc2-c2ccccc21. The highest BCUT2D eigenvalue weighted by atomic mass is 16.8. The van der Waals surface area contributed by atoms with Crippen LogP contribution in [0.2, 0.25) is 0 Å². The quantitative estimate of drug-likeness (QED) is 0.381. The van der Waals surface area contributed by atoms with E-state index in [4.69, 9.17) is 10.00 Å². The third kappa shape index (κ3) is 3.80. The minimum absolute atomic E-state index is 0.0609. The van der Waals surface area contributed by atoms with E-state index in [2.05, 4.69) is 15.3 Å². The van der Waals surface area contributed by atoms with Crippen molar-refractivity contribution in [2.24, 2.45) is 5.16 Å². The lowest BCUT2D eigenvalue weighted by atomic mass is 9.98. The third-order valence-electron chi connectivity index (χ3n) is 4.20. The Balaban J connectivity index is 1.68. The number of carbonyl (C=O) groups excluding carboxylic acids is 2. The molecule has 1 amide bonds. The summed E-state index contributed by atoms with van der Waals surface area (Å²) in [4.78, 5) is 27.9. The number of carbonyl (C=O) groups is 2. The number of fused-ring (bicyclic) bond motifs is 3. The van der Waals surface area contributed by atoms with Gasteiger partial charge in [0.25, 0.3) is 5.91 Å². The zero-order chi connectivity index (χ0) is 19.2. The maximum absolute atomic E-state index is 11.8. The van der Waals surface area contributed by atoms with Crippen LogP contribution in [0.25, 0.3) is 11.1 Å². The number of oxime groups is 1. The molecule has 27 heavy (non-hydrogen) atoms. The van der Waals surface area contributed by atoms with Gasteiger partial charge in [-0.15, -0.1) is 0 Å². The van der Waals surface area contributed by atoms with Gasteiger partial charge >= 0.3 is 6.16 Å². The number of ether oxygens (including phenoxy) is 1. The van der Waals surface area contributed by atoms with Gasteiger partial charge < -0.3 is 10.1 Å². The molecule has 0 bridgehead atoms. The van der Waals surface area contributed by atoms with Crippen molar-refractivity contribution in [3.63, 3.8) is 0 Å². The largest absolute Gasteiger partial charge is 0.535 e. The van der Waals surface area contributed by atoms with Gasteiger partial charge in [-0.2, -0.15) is 5.26 Å². The monoisotopic (exact) mass is 363 g/mol. The number of nitriles is 1. The number of amides is 1. The first-order chi connectivity index (χ1) is 13.2. The summed E-state index contributed by atoms with van der Waals surface area (Å²) in [5.41, 5.74) is 3.79. The fourth-order valence-electron chi connectivity index (χ4n) is 3.06. The van der Waals surface area contributed by atoms with Crippen molar-refractivity contribution >= 4 is 17.8 Å². The molecule has 0 unspecified atom stereocenters. The first-order valence-corrected chi connectivity index (χ1v) is 8.44. The van der Waals surface area contributed by atoms with Gasteiger partial charge in [-0.05, 0) is 29.2 Å². The molecule has 0 saturated carbocycles. The van der Waals surface area contributed by atoms with E-state index >= 15 is 0 Å². The Bertz CT molecular complexity index is 901. The molecule has 0 heterocycles. The summed E-state index contributed by atoms with van der Waals surface area (Å²) in [6, 6.07) is 17.4. The fourth-order valence-corrected chi connectivity index (χ4v) is 3.06. The van der Waals surface area contributed by atoms with E-state index in [0.717, 1.165) is 22.3 Å². The molecule has 0 saturated heterocycles. The van der Waals surface area contributed by atoms with Crippen LogP contribution in [0.5, 0.6) is 0 Å². The van der Waals surface area contributed by atoms with Crippen LogP contribution in [0.15, 0.2) is 53.7 Å². The Kier molecular flexibility index (Phi) is 5.47. The summed E-state index contributed by atoms with van der Waals surface area (Å²) in [7, 11) is 0. The smallest absolute Gasteiger partial charge is 0.432 e. The van der Waals surface area contributed by atoms with Gasteiger partial charge in [-0.3, -0.25) is 9.63 Å². The molecule has 0 atom stereocenters. The lowest BCUT2D eigenvalue weighted by Gasteiger charge is -2.13. The zero-order valence-electron chi connectivity index (χ0n) is 14.6. The Morgan fingerprint density at radius 1 is 1.11 bits per heavy atom. The number of hydrogen-bond donors (Lipinski definition) is 1.